The summed E-state index contributed by atoms with van der Waals surface area (Å²) in [4.78, 5) is 27.5. The molecule has 15 heteroatoms. The number of halogens is 4. The Labute approximate surface area is 268 Å². The minimum atomic E-state index is -3.96. The van der Waals surface area contributed by atoms with Gasteiger partial charge in [-0.2, -0.15) is 8.78 Å². The number of hydrogen-bond acceptors (Lipinski definition) is 7. The van der Waals surface area contributed by atoms with Crippen LogP contribution >= 0.6 is 0 Å². The minimum absolute atomic E-state index is 0.0391. The number of nitrogens with zero attached hydrogens (tertiary/aromatic N) is 3. The average Bonchev–Trinajstić information content (AvgIpc) is 3.23. The van der Waals surface area contributed by atoms with Crippen LogP contribution in [0.1, 0.15) is 47.1 Å². The molecule has 0 saturated carbocycles. The van der Waals surface area contributed by atoms with Gasteiger partial charge < -0.3 is 24.0 Å². The monoisotopic (exact) mass is 675 g/mol. The molecule has 3 unspecified atom stereocenters. The summed E-state index contributed by atoms with van der Waals surface area (Å²) < 4.78 is 99.2. The molecule has 1 fully saturated rings. The van der Waals surface area contributed by atoms with Gasteiger partial charge in [0, 0.05) is 18.2 Å². The fourth-order valence-electron chi connectivity index (χ4n) is 4.98. The molecule has 1 aliphatic heterocycles. The number of ether oxygens (including phenoxy) is 3. The number of thiol groups is 1. The molecular weight excluding hydrogens is 634 g/mol. The van der Waals surface area contributed by atoms with Crippen LogP contribution < -0.4 is 4.74 Å². The molecule has 0 aromatic heterocycles. The largest absolute Gasteiger partial charge is 0.491 e. The third-order valence-electron chi connectivity index (χ3n) is 6.93. The summed E-state index contributed by atoms with van der Waals surface area (Å²) in [6, 6.07) is 7.31. The molecule has 1 saturated heterocycles. The van der Waals surface area contributed by atoms with Crippen LogP contribution in [0.4, 0.5) is 27.2 Å². The van der Waals surface area contributed by atoms with E-state index in [1.54, 1.807) is 72.9 Å². The van der Waals surface area contributed by atoms with Crippen LogP contribution in [0, 0.1) is 5.82 Å². The summed E-state index contributed by atoms with van der Waals surface area (Å²) in [7, 11) is -2.42. The Balaban J connectivity index is 1.93. The van der Waals surface area contributed by atoms with Crippen molar-refractivity contribution in [2.24, 2.45) is 0 Å². The summed E-state index contributed by atoms with van der Waals surface area (Å²) in [5.74, 6) is -0.522. The average molecular weight is 676 g/mol. The van der Waals surface area contributed by atoms with Gasteiger partial charge in [-0.25, -0.2) is 26.8 Å². The van der Waals surface area contributed by atoms with Crippen LogP contribution in [0.2, 0.25) is 0 Å². The molecule has 1 aliphatic rings. The van der Waals surface area contributed by atoms with Gasteiger partial charge in [0.25, 0.3) is 0 Å². The first-order chi connectivity index (χ1) is 21.3. The van der Waals surface area contributed by atoms with Gasteiger partial charge in [-0.15, -0.1) is 4.31 Å². The molecule has 0 radical (unpaired) electrons. The molecular formula is C31H41F4N3O7S. The first kappa shape index (κ1) is 36.9. The normalized spacial score (nSPS) is 18.7. The van der Waals surface area contributed by atoms with E-state index < -0.39 is 77.9 Å². The maximum Gasteiger partial charge on any atom is 0.410 e. The molecule has 10 nitrogen and oxygen atoms in total. The van der Waals surface area contributed by atoms with E-state index in [0.29, 0.717) is 5.56 Å². The molecule has 0 aliphatic carbocycles. The number of rotatable bonds is 10. The Morgan fingerprint density at radius 2 is 1.59 bits per heavy atom. The molecule has 0 spiro atoms. The van der Waals surface area contributed by atoms with Crippen molar-refractivity contribution in [3.8, 4) is 16.9 Å². The number of benzene rings is 2. The maximum absolute atomic E-state index is 16.2. The van der Waals surface area contributed by atoms with Gasteiger partial charge in [0.1, 0.15) is 35.5 Å². The number of likely N-dealkylation sites (tertiary alicyclic amines) is 1. The number of para-hydroxylation sites is 1. The van der Waals surface area contributed by atoms with Crippen LogP contribution in [-0.4, -0.2) is 97.5 Å². The lowest BCUT2D eigenvalue weighted by Gasteiger charge is -2.33. The first-order valence-electron chi connectivity index (χ1n) is 14.6. The highest BCUT2D eigenvalue weighted by molar-refractivity contribution is 7.69. The predicted molar refractivity (Wildman–Crippen MR) is 163 cm³/mol. The van der Waals surface area contributed by atoms with Gasteiger partial charge in [-0.3, -0.25) is 0 Å². The Morgan fingerprint density at radius 3 is 2.17 bits per heavy atom. The van der Waals surface area contributed by atoms with Crippen LogP contribution in [0.25, 0.3) is 11.1 Å². The Morgan fingerprint density at radius 1 is 0.978 bits per heavy atom. The Bertz CT molecular complexity index is 1450. The third kappa shape index (κ3) is 9.47. The second-order valence-corrected chi connectivity index (χ2v) is 13.8. The number of alkyl halides is 3. The highest BCUT2D eigenvalue weighted by atomic mass is 32.2. The number of amides is 2. The summed E-state index contributed by atoms with van der Waals surface area (Å²) in [6.45, 7) is 5.76. The predicted octanol–water partition coefficient (Wildman–Crippen LogP) is 5.66. The highest BCUT2D eigenvalue weighted by Crippen LogP contribution is 2.36. The molecule has 0 bridgehead atoms. The SMILES string of the molecule is CN(CCOc1ccccc1-c1cccc(CC2C(N(C(F)F)[SH](=O)=O)C(F)CN2C(=O)OC(C)(C)C)c1F)C(=O)OC(C)(C)C. The Kier molecular flexibility index (Phi) is 11.9. The van der Waals surface area contributed by atoms with E-state index in [0.717, 1.165) is 4.90 Å². The summed E-state index contributed by atoms with van der Waals surface area (Å²) in [5.41, 5.74) is -1.41. The molecule has 2 aromatic rings. The van der Waals surface area contributed by atoms with Crippen molar-refractivity contribution in [1.82, 2.24) is 14.1 Å². The second kappa shape index (κ2) is 14.9. The van der Waals surface area contributed by atoms with Gasteiger partial charge in [-0.1, -0.05) is 36.4 Å². The van der Waals surface area contributed by atoms with E-state index in [1.807, 2.05) is 0 Å². The fourth-order valence-corrected chi connectivity index (χ4v) is 5.64. The first-order valence-corrected chi connectivity index (χ1v) is 15.7. The molecule has 3 atom stereocenters. The summed E-state index contributed by atoms with van der Waals surface area (Å²) in [6.07, 6.45) is -4.29. The minimum Gasteiger partial charge on any atom is -0.491 e. The van der Waals surface area contributed by atoms with Gasteiger partial charge in [-0.05, 0) is 59.6 Å². The molecule has 2 amide bonds. The Hall–Kier alpha value is -3.59. The smallest absolute Gasteiger partial charge is 0.410 e. The van der Waals surface area contributed by atoms with E-state index in [2.05, 4.69) is 0 Å². The van der Waals surface area contributed by atoms with Gasteiger partial charge in [0.05, 0.1) is 25.2 Å². The topological polar surface area (TPSA) is 106 Å². The third-order valence-corrected chi connectivity index (χ3v) is 7.75. The van der Waals surface area contributed by atoms with E-state index >= 15 is 8.78 Å². The molecule has 256 valence electrons. The van der Waals surface area contributed by atoms with Gasteiger partial charge in [0.2, 0.25) is 10.9 Å². The lowest BCUT2D eigenvalue weighted by atomic mass is 9.95. The maximum atomic E-state index is 16.2. The molecule has 1 heterocycles. The van der Waals surface area contributed by atoms with Crippen molar-refractivity contribution in [1.29, 1.82) is 0 Å². The van der Waals surface area contributed by atoms with Crippen LogP contribution in [-0.2, 0) is 26.8 Å². The van der Waals surface area contributed by atoms with Crippen LogP contribution in [0.3, 0.4) is 0 Å². The molecule has 0 N–H and O–H groups in total. The quantitative estimate of drug-likeness (QED) is 0.197. The zero-order valence-electron chi connectivity index (χ0n) is 26.8. The number of carbonyl (C=O) groups excluding carboxylic acids is 2. The lowest BCUT2D eigenvalue weighted by Crippen LogP contribution is -2.51. The number of likely N-dealkylation sites (N-methyl/N-ethyl adjacent to an activating group) is 1. The van der Waals surface area contributed by atoms with E-state index in [1.165, 1.54) is 23.1 Å². The van der Waals surface area contributed by atoms with E-state index in [4.69, 9.17) is 14.2 Å². The zero-order valence-corrected chi connectivity index (χ0v) is 27.7. The van der Waals surface area contributed by atoms with Crippen molar-refractivity contribution in [2.75, 3.05) is 26.7 Å². The zero-order chi connectivity index (χ0) is 34.6. The molecule has 46 heavy (non-hydrogen) atoms. The van der Waals surface area contributed by atoms with Crippen molar-refractivity contribution in [2.45, 2.75) is 84.0 Å². The standard InChI is InChI=1S/C31H41F4N3O7S/c1-30(2,3)44-28(39)36(7)15-16-43-24-14-9-8-12-20(24)21-13-10-11-19(25(21)33)17-23-26(38(27(34)35)46(41)42)22(32)18-37(23)29(40)45-31(4,5)6/h8-14,22-23,26-27,46H,15-18H2,1-7H3. The molecule has 3 rings (SSSR count). The van der Waals surface area contributed by atoms with Crippen LogP contribution in [0.15, 0.2) is 42.5 Å². The second-order valence-electron chi connectivity index (χ2n) is 12.8. The highest BCUT2D eigenvalue weighted by Gasteiger charge is 2.51. The van der Waals surface area contributed by atoms with Crippen molar-refractivity contribution in [3.63, 3.8) is 0 Å². The van der Waals surface area contributed by atoms with Crippen molar-refractivity contribution >= 4 is 23.1 Å². The number of carbonyl (C=O) groups is 2. The lowest BCUT2D eigenvalue weighted by molar-refractivity contribution is -0.0142. The van der Waals surface area contributed by atoms with E-state index in [-0.39, 0.29) is 34.3 Å². The van der Waals surface area contributed by atoms with Gasteiger partial charge >= 0.3 is 18.7 Å². The van der Waals surface area contributed by atoms with Crippen molar-refractivity contribution < 1.29 is 49.8 Å². The summed E-state index contributed by atoms with van der Waals surface area (Å²) in [5, 5.41) is 0. The molecule has 2 aromatic carbocycles. The van der Waals surface area contributed by atoms with Crippen LogP contribution in [0.5, 0.6) is 5.75 Å². The number of hydrogen-bond donors (Lipinski definition) is 1. The summed E-state index contributed by atoms with van der Waals surface area (Å²) >= 11 is 0. The van der Waals surface area contributed by atoms with Gasteiger partial charge in [0.15, 0.2) is 0 Å². The fraction of sp³-hybridized carbons (Fsp3) is 0.548. The van der Waals surface area contributed by atoms with E-state index in [9.17, 15) is 26.8 Å². The van der Waals surface area contributed by atoms with Crippen molar-refractivity contribution in [3.05, 3.63) is 53.8 Å².